The van der Waals surface area contributed by atoms with Gasteiger partial charge in [0.15, 0.2) is 0 Å². The Morgan fingerprint density at radius 3 is 2.50 bits per heavy atom. The van der Waals surface area contributed by atoms with Gasteiger partial charge < -0.3 is 20.8 Å². The minimum absolute atomic E-state index is 0.147. The molecule has 0 saturated heterocycles. The third kappa shape index (κ3) is 3.18. The van der Waals surface area contributed by atoms with E-state index in [1.165, 1.54) is 17.2 Å². The van der Waals surface area contributed by atoms with Crippen LogP contribution in [0.3, 0.4) is 0 Å². The number of carbonyl (C=O) groups is 1. The number of aliphatic hydroxyl groups excluding tert-OH is 2. The highest BCUT2D eigenvalue weighted by molar-refractivity contribution is 5.94. The second-order valence-corrected chi connectivity index (χ2v) is 3.21. The summed E-state index contributed by atoms with van der Waals surface area (Å²) in [4.78, 5) is 17.0. The zero-order chi connectivity index (χ0) is 12.0. The first kappa shape index (κ1) is 12.4. The first-order valence-electron chi connectivity index (χ1n) is 4.91. The van der Waals surface area contributed by atoms with E-state index >= 15 is 0 Å². The van der Waals surface area contributed by atoms with Gasteiger partial charge in [0.2, 0.25) is 0 Å². The molecule has 6 heteroatoms. The molecule has 6 nitrogen and oxygen atoms in total. The van der Waals surface area contributed by atoms with Crippen molar-refractivity contribution in [3.63, 3.8) is 0 Å². The zero-order valence-electron chi connectivity index (χ0n) is 8.83. The fourth-order valence-corrected chi connectivity index (χ4v) is 1.32. The number of rotatable bonds is 5. The van der Waals surface area contributed by atoms with Crippen molar-refractivity contribution in [3.05, 3.63) is 23.9 Å². The molecule has 0 atom stereocenters. The van der Waals surface area contributed by atoms with Gasteiger partial charge in [-0.25, -0.2) is 4.98 Å². The molecule has 1 rings (SSSR count). The van der Waals surface area contributed by atoms with Crippen molar-refractivity contribution < 1.29 is 15.0 Å². The lowest BCUT2D eigenvalue weighted by atomic mass is 10.2. The quantitative estimate of drug-likeness (QED) is 0.602. The van der Waals surface area contributed by atoms with E-state index in [0.29, 0.717) is 5.56 Å². The lowest BCUT2D eigenvalue weighted by Crippen LogP contribution is -2.35. The lowest BCUT2D eigenvalue weighted by Gasteiger charge is -2.20. The number of carbonyl (C=O) groups excluding carboxylic acids is 1. The van der Waals surface area contributed by atoms with E-state index in [4.69, 9.17) is 15.9 Å². The lowest BCUT2D eigenvalue weighted by molar-refractivity contribution is 0.0685. The van der Waals surface area contributed by atoms with Crippen LogP contribution in [0.25, 0.3) is 0 Å². The molecule has 0 aliphatic heterocycles. The second-order valence-electron chi connectivity index (χ2n) is 3.21. The number of amides is 1. The molecule has 4 N–H and O–H groups in total. The molecule has 0 aliphatic carbocycles. The molecule has 16 heavy (non-hydrogen) atoms. The first-order valence-corrected chi connectivity index (χ1v) is 4.91. The van der Waals surface area contributed by atoms with Crippen molar-refractivity contribution in [1.29, 1.82) is 0 Å². The number of nitrogen functional groups attached to an aromatic ring is 1. The maximum Gasteiger partial charge on any atom is 0.254 e. The molecule has 0 aromatic carbocycles. The molecule has 0 aliphatic rings. The fourth-order valence-electron chi connectivity index (χ4n) is 1.32. The number of aliphatic hydroxyl groups is 2. The Morgan fingerprint density at radius 1 is 1.38 bits per heavy atom. The Morgan fingerprint density at radius 2 is 2.00 bits per heavy atom. The van der Waals surface area contributed by atoms with Crippen molar-refractivity contribution in [2.75, 3.05) is 32.0 Å². The Hall–Kier alpha value is -1.66. The SMILES string of the molecule is Nc1cc(C(=O)N(CCO)CCO)ccn1. The number of aromatic nitrogens is 1. The third-order valence-corrected chi connectivity index (χ3v) is 2.06. The van der Waals surface area contributed by atoms with Crippen LogP contribution in [0.15, 0.2) is 18.3 Å². The highest BCUT2D eigenvalue weighted by atomic mass is 16.3. The van der Waals surface area contributed by atoms with E-state index in [1.54, 1.807) is 6.07 Å². The van der Waals surface area contributed by atoms with Crippen LogP contribution in [0.1, 0.15) is 10.4 Å². The third-order valence-electron chi connectivity index (χ3n) is 2.06. The molecule has 0 unspecified atom stereocenters. The number of hydrogen-bond donors (Lipinski definition) is 3. The summed E-state index contributed by atoms with van der Waals surface area (Å²) in [5.41, 5.74) is 5.86. The van der Waals surface area contributed by atoms with E-state index in [9.17, 15) is 4.79 Å². The number of hydrogen-bond acceptors (Lipinski definition) is 5. The normalized spacial score (nSPS) is 10.1. The van der Waals surface area contributed by atoms with E-state index in [0.717, 1.165) is 0 Å². The predicted octanol–water partition coefficient (Wildman–Crippen LogP) is -0.909. The average molecular weight is 225 g/mol. The van der Waals surface area contributed by atoms with Crippen LogP contribution in [0.2, 0.25) is 0 Å². The molecule has 0 fully saturated rings. The van der Waals surface area contributed by atoms with E-state index < -0.39 is 0 Å². The summed E-state index contributed by atoms with van der Waals surface area (Å²) in [5.74, 6) is -0.0176. The predicted molar refractivity (Wildman–Crippen MR) is 58.7 cm³/mol. The molecule has 0 spiro atoms. The Labute approximate surface area is 93.3 Å². The van der Waals surface area contributed by atoms with Gasteiger partial charge in [-0.05, 0) is 12.1 Å². The monoisotopic (exact) mass is 225 g/mol. The van der Waals surface area contributed by atoms with Crippen molar-refractivity contribution >= 4 is 11.7 Å². The summed E-state index contributed by atoms with van der Waals surface area (Å²) in [7, 11) is 0. The molecule has 1 aromatic heterocycles. The standard InChI is InChI=1S/C10H15N3O3/c11-9-7-8(1-2-12-9)10(16)13(3-5-14)4-6-15/h1-2,7,14-15H,3-6H2,(H2,11,12). The second kappa shape index (κ2) is 6.04. The molecule has 0 saturated carbocycles. The van der Waals surface area contributed by atoms with Gasteiger partial charge in [-0.3, -0.25) is 4.79 Å². The summed E-state index contributed by atoms with van der Waals surface area (Å²) in [6.45, 7) is 0.0713. The molecule has 1 amide bonds. The van der Waals surface area contributed by atoms with Gasteiger partial charge in [-0.2, -0.15) is 0 Å². The Balaban J connectivity index is 2.81. The van der Waals surface area contributed by atoms with Crippen LogP contribution in [0.5, 0.6) is 0 Å². The number of pyridine rings is 1. The van der Waals surface area contributed by atoms with Crippen LogP contribution in [0.4, 0.5) is 5.82 Å². The van der Waals surface area contributed by atoms with E-state index in [-0.39, 0.29) is 38.0 Å². The smallest absolute Gasteiger partial charge is 0.254 e. The summed E-state index contributed by atoms with van der Waals surface area (Å²) >= 11 is 0. The van der Waals surface area contributed by atoms with Crippen LogP contribution in [-0.4, -0.2) is 52.3 Å². The minimum atomic E-state index is -0.280. The van der Waals surface area contributed by atoms with Crippen LogP contribution in [0, 0.1) is 0 Å². The minimum Gasteiger partial charge on any atom is -0.395 e. The summed E-state index contributed by atoms with van der Waals surface area (Å²) < 4.78 is 0. The van der Waals surface area contributed by atoms with Gasteiger partial charge in [0, 0.05) is 24.8 Å². The zero-order valence-corrected chi connectivity index (χ0v) is 8.83. The van der Waals surface area contributed by atoms with Gasteiger partial charge in [-0.1, -0.05) is 0 Å². The Bertz CT molecular complexity index is 351. The summed E-state index contributed by atoms with van der Waals surface area (Å²) in [5, 5.41) is 17.6. The average Bonchev–Trinajstić information content (AvgIpc) is 2.28. The van der Waals surface area contributed by atoms with Gasteiger partial charge in [-0.15, -0.1) is 0 Å². The molecule has 88 valence electrons. The van der Waals surface area contributed by atoms with Crippen LogP contribution >= 0.6 is 0 Å². The van der Waals surface area contributed by atoms with E-state index in [2.05, 4.69) is 4.98 Å². The van der Waals surface area contributed by atoms with Crippen LogP contribution in [-0.2, 0) is 0 Å². The molecular weight excluding hydrogens is 210 g/mol. The molecule has 1 heterocycles. The highest BCUT2D eigenvalue weighted by Crippen LogP contribution is 2.06. The maximum atomic E-state index is 11.9. The molecule has 1 aromatic rings. The highest BCUT2D eigenvalue weighted by Gasteiger charge is 2.14. The van der Waals surface area contributed by atoms with Crippen LogP contribution < -0.4 is 5.73 Å². The van der Waals surface area contributed by atoms with Crippen molar-refractivity contribution in [1.82, 2.24) is 9.88 Å². The van der Waals surface area contributed by atoms with Gasteiger partial charge in [0.25, 0.3) is 5.91 Å². The van der Waals surface area contributed by atoms with Crippen molar-refractivity contribution in [2.24, 2.45) is 0 Å². The van der Waals surface area contributed by atoms with Crippen molar-refractivity contribution in [3.8, 4) is 0 Å². The number of nitrogens with zero attached hydrogens (tertiary/aromatic N) is 2. The van der Waals surface area contributed by atoms with Gasteiger partial charge in [0.1, 0.15) is 5.82 Å². The topological polar surface area (TPSA) is 99.7 Å². The number of anilines is 1. The number of nitrogens with two attached hydrogens (primary N) is 1. The molecular formula is C10H15N3O3. The van der Waals surface area contributed by atoms with Gasteiger partial charge in [0.05, 0.1) is 13.2 Å². The van der Waals surface area contributed by atoms with Crippen molar-refractivity contribution in [2.45, 2.75) is 0 Å². The van der Waals surface area contributed by atoms with Gasteiger partial charge >= 0.3 is 0 Å². The summed E-state index contributed by atoms with van der Waals surface area (Å²) in [6, 6.07) is 3.00. The largest absolute Gasteiger partial charge is 0.395 e. The fraction of sp³-hybridized carbons (Fsp3) is 0.400. The molecule has 0 radical (unpaired) electrons. The maximum absolute atomic E-state index is 11.9. The Kier molecular flexibility index (Phi) is 4.68. The first-order chi connectivity index (χ1) is 7.69. The molecule has 0 bridgehead atoms. The summed E-state index contributed by atoms with van der Waals surface area (Å²) in [6.07, 6.45) is 1.44. The van der Waals surface area contributed by atoms with E-state index in [1.807, 2.05) is 0 Å².